The second-order valence-corrected chi connectivity index (χ2v) is 7.56. The first kappa shape index (κ1) is 17.9. The van der Waals surface area contributed by atoms with Crippen molar-refractivity contribution in [1.82, 2.24) is 15.0 Å². The quantitative estimate of drug-likeness (QED) is 0.748. The lowest BCUT2D eigenvalue weighted by Gasteiger charge is -2.33. The van der Waals surface area contributed by atoms with Crippen molar-refractivity contribution in [1.29, 1.82) is 0 Å². The van der Waals surface area contributed by atoms with Crippen LogP contribution in [0.25, 0.3) is 10.9 Å². The van der Waals surface area contributed by atoms with Crippen LogP contribution < -0.4 is 4.90 Å². The molecule has 0 unspecified atom stereocenters. The predicted molar refractivity (Wildman–Crippen MR) is 106 cm³/mol. The van der Waals surface area contributed by atoms with Crippen LogP contribution in [0.5, 0.6) is 0 Å². The molecule has 1 aromatic carbocycles. The summed E-state index contributed by atoms with van der Waals surface area (Å²) in [5, 5.41) is 15.1. The zero-order valence-electron chi connectivity index (χ0n) is 15.9. The van der Waals surface area contributed by atoms with E-state index >= 15 is 0 Å². The first-order valence-electron chi connectivity index (χ1n) is 9.50. The predicted octanol–water partition coefficient (Wildman–Crippen LogP) is 3.12. The van der Waals surface area contributed by atoms with Gasteiger partial charge in [0.2, 0.25) is 0 Å². The van der Waals surface area contributed by atoms with E-state index in [1.807, 2.05) is 6.07 Å². The third kappa shape index (κ3) is 4.12. The molecule has 1 aliphatic rings. The monoisotopic (exact) mass is 366 g/mol. The van der Waals surface area contributed by atoms with Crippen LogP contribution in [0, 0.1) is 6.92 Å². The van der Waals surface area contributed by atoms with Crippen LogP contribution in [-0.4, -0.2) is 46.4 Å². The van der Waals surface area contributed by atoms with E-state index in [1.165, 1.54) is 11.1 Å². The molecule has 1 atom stereocenters. The molecule has 0 bridgehead atoms. The van der Waals surface area contributed by atoms with Gasteiger partial charge in [0.25, 0.3) is 0 Å². The normalized spacial score (nSPS) is 17.8. The van der Waals surface area contributed by atoms with Crippen molar-refractivity contribution in [2.75, 3.05) is 25.0 Å². The van der Waals surface area contributed by atoms with Crippen molar-refractivity contribution in [3.63, 3.8) is 0 Å². The van der Waals surface area contributed by atoms with E-state index < -0.39 is 0 Å². The first-order valence-corrected chi connectivity index (χ1v) is 9.50. The van der Waals surface area contributed by atoms with Crippen LogP contribution in [0.15, 0.2) is 41.1 Å². The van der Waals surface area contributed by atoms with E-state index in [1.54, 1.807) is 6.20 Å². The summed E-state index contributed by atoms with van der Waals surface area (Å²) in [6, 6.07) is 10.5. The topological polar surface area (TPSA) is 65.6 Å². The standard InChI is InChI=1S/C21H26N4O2/c1-15-5-6-20-16(10-15)11-17(12-24(2)14-19-7-8-22-27-19)21(23-20)25-9-3-4-18(26)13-25/h5-8,10-11,18,26H,3-4,9,12-14H2,1-2H3/t18-/m0/s1. The highest BCUT2D eigenvalue weighted by molar-refractivity contribution is 5.82. The van der Waals surface area contributed by atoms with Crippen LogP contribution in [0.2, 0.25) is 0 Å². The van der Waals surface area contributed by atoms with Gasteiger partial charge in [-0.25, -0.2) is 4.98 Å². The van der Waals surface area contributed by atoms with Crippen molar-refractivity contribution >= 4 is 16.7 Å². The Kier molecular flexibility index (Phi) is 5.09. The van der Waals surface area contributed by atoms with E-state index in [9.17, 15) is 5.11 Å². The Labute approximate surface area is 159 Å². The van der Waals surface area contributed by atoms with Gasteiger partial charge in [-0.15, -0.1) is 0 Å². The Morgan fingerprint density at radius 1 is 1.26 bits per heavy atom. The van der Waals surface area contributed by atoms with Crippen molar-refractivity contribution in [3.8, 4) is 0 Å². The van der Waals surface area contributed by atoms with Gasteiger partial charge < -0.3 is 14.5 Å². The molecular formula is C21H26N4O2. The minimum atomic E-state index is -0.283. The number of aliphatic hydroxyl groups is 1. The van der Waals surface area contributed by atoms with E-state index in [0.717, 1.165) is 48.4 Å². The number of pyridine rings is 1. The van der Waals surface area contributed by atoms with E-state index in [0.29, 0.717) is 13.1 Å². The molecule has 1 fully saturated rings. The number of β-amino-alcohol motifs (C(OH)–C–C–N with tert-alkyl or cyclic N) is 1. The van der Waals surface area contributed by atoms with Crippen LogP contribution in [0.3, 0.4) is 0 Å². The summed E-state index contributed by atoms with van der Waals surface area (Å²) in [6.07, 6.45) is 3.24. The number of aromatic nitrogens is 2. The Hall–Kier alpha value is -2.44. The van der Waals surface area contributed by atoms with Gasteiger partial charge in [0, 0.05) is 36.7 Å². The molecule has 0 spiro atoms. The Bertz CT molecular complexity index is 910. The maximum atomic E-state index is 10.1. The molecule has 3 heterocycles. The first-order chi connectivity index (χ1) is 13.1. The van der Waals surface area contributed by atoms with Gasteiger partial charge in [0.15, 0.2) is 5.76 Å². The van der Waals surface area contributed by atoms with Gasteiger partial charge in [-0.3, -0.25) is 4.90 Å². The van der Waals surface area contributed by atoms with E-state index in [-0.39, 0.29) is 6.10 Å². The lowest BCUT2D eigenvalue weighted by molar-refractivity contribution is 0.153. The lowest BCUT2D eigenvalue weighted by Crippen LogP contribution is -2.39. The summed E-state index contributed by atoms with van der Waals surface area (Å²) in [7, 11) is 2.07. The number of piperidine rings is 1. The number of hydrogen-bond donors (Lipinski definition) is 1. The number of rotatable bonds is 5. The summed E-state index contributed by atoms with van der Waals surface area (Å²) >= 11 is 0. The van der Waals surface area contributed by atoms with E-state index in [2.05, 4.69) is 53.2 Å². The fourth-order valence-electron chi connectivity index (χ4n) is 3.80. The number of benzene rings is 1. The van der Waals surface area contributed by atoms with Gasteiger partial charge in [-0.05, 0) is 45.0 Å². The Morgan fingerprint density at radius 2 is 2.15 bits per heavy atom. The van der Waals surface area contributed by atoms with Crippen molar-refractivity contribution in [3.05, 3.63) is 53.4 Å². The van der Waals surface area contributed by atoms with Crippen molar-refractivity contribution < 1.29 is 9.63 Å². The molecule has 0 aliphatic carbocycles. The van der Waals surface area contributed by atoms with Crippen LogP contribution >= 0.6 is 0 Å². The van der Waals surface area contributed by atoms with Crippen LogP contribution in [0.1, 0.15) is 29.7 Å². The molecule has 3 aromatic rings. The smallest absolute Gasteiger partial charge is 0.150 e. The third-order valence-corrected chi connectivity index (χ3v) is 5.08. The largest absolute Gasteiger partial charge is 0.391 e. The molecule has 0 saturated carbocycles. The zero-order chi connectivity index (χ0) is 18.8. The van der Waals surface area contributed by atoms with Crippen LogP contribution in [0.4, 0.5) is 5.82 Å². The summed E-state index contributed by atoms with van der Waals surface area (Å²) < 4.78 is 5.24. The van der Waals surface area contributed by atoms with Crippen LogP contribution in [-0.2, 0) is 13.1 Å². The fourth-order valence-corrected chi connectivity index (χ4v) is 3.80. The molecule has 2 aromatic heterocycles. The summed E-state index contributed by atoms with van der Waals surface area (Å²) in [4.78, 5) is 9.40. The highest BCUT2D eigenvalue weighted by Crippen LogP contribution is 2.28. The molecular weight excluding hydrogens is 340 g/mol. The molecule has 4 rings (SSSR count). The molecule has 27 heavy (non-hydrogen) atoms. The molecule has 0 amide bonds. The maximum Gasteiger partial charge on any atom is 0.150 e. The molecule has 6 nitrogen and oxygen atoms in total. The molecule has 1 aliphatic heterocycles. The summed E-state index contributed by atoms with van der Waals surface area (Å²) in [5.74, 6) is 1.83. The fraction of sp³-hybridized carbons (Fsp3) is 0.429. The zero-order valence-corrected chi connectivity index (χ0v) is 15.9. The Morgan fingerprint density at radius 3 is 2.93 bits per heavy atom. The third-order valence-electron chi connectivity index (χ3n) is 5.08. The number of anilines is 1. The van der Waals surface area contributed by atoms with E-state index in [4.69, 9.17) is 9.51 Å². The summed E-state index contributed by atoms with van der Waals surface area (Å²) in [5.41, 5.74) is 3.40. The van der Waals surface area contributed by atoms with Gasteiger partial charge >= 0.3 is 0 Å². The second-order valence-electron chi connectivity index (χ2n) is 7.56. The average molecular weight is 366 g/mol. The number of hydrogen-bond acceptors (Lipinski definition) is 6. The SMILES string of the molecule is Cc1ccc2nc(N3CCC[C@H](O)C3)c(CN(C)Cc3ccno3)cc2c1. The number of nitrogens with zero attached hydrogens (tertiary/aromatic N) is 4. The van der Waals surface area contributed by atoms with Gasteiger partial charge in [0.05, 0.1) is 24.4 Å². The lowest BCUT2D eigenvalue weighted by atomic mass is 10.1. The van der Waals surface area contributed by atoms with Crippen molar-refractivity contribution in [2.45, 2.75) is 39.0 Å². The molecule has 6 heteroatoms. The minimum absolute atomic E-state index is 0.283. The average Bonchev–Trinajstić information content (AvgIpc) is 3.14. The minimum Gasteiger partial charge on any atom is -0.391 e. The van der Waals surface area contributed by atoms with Gasteiger partial charge in [0.1, 0.15) is 5.82 Å². The molecule has 1 N–H and O–H groups in total. The molecule has 142 valence electrons. The summed E-state index contributed by atoms with van der Waals surface area (Å²) in [6.45, 7) is 5.11. The maximum absolute atomic E-state index is 10.1. The molecule has 1 saturated heterocycles. The number of aryl methyl sites for hydroxylation is 1. The molecule has 0 radical (unpaired) electrons. The highest BCUT2D eigenvalue weighted by atomic mass is 16.5. The Balaban J connectivity index is 1.67. The number of aliphatic hydroxyl groups excluding tert-OH is 1. The highest BCUT2D eigenvalue weighted by Gasteiger charge is 2.22. The van der Waals surface area contributed by atoms with Gasteiger partial charge in [-0.1, -0.05) is 16.8 Å². The van der Waals surface area contributed by atoms with Gasteiger partial charge in [-0.2, -0.15) is 0 Å². The second kappa shape index (κ2) is 7.66. The number of fused-ring (bicyclic) bond motifs is 1. The van der Waals surface area contributed by atoms with Crippen molar-refractivity contribution in [2.24, 2.45) is 0 Å².